The Kier molecular flexibility index (Phi) is 9.30. The van der Waals surface area contributed by atoms with Crippen molar-refractivity contribution in [3.05, 3.63) is 85.0 Å². The van der Waals surface area contributed by atoms with E-state index in [1.54, 1.807) is 48.5 Å². The zero-order chi connectivity index (χ0) is 29.4. The molecule has 0 saturated heterocycles. The molecule has 0 aliphatic rings. The number of nitrogens with zero attached hydrogens (tertiary/aromatic N) is 3. The van der Waals surface area contributed by atoms with E-state index in [2.05, 4.69) is 30.9 Å². The number of fused-ring (bicyclic) bond motifs is 1. The minimum atomic E-state index is -4.75. The fraction of sp³-hybridized carbons (Fsp3) is 0.143. The smallest absolute Gasteiger partial charge is 0.433 e. The Bertz CT molecular complexity index is 1600. The Hall–Kier alpha value is -4.78. The molecule has 2 amide bonds. The quantitative estimate of drug-likeness (QED) is 0.157. The van der Waals surface area contributed by atoms with Crippen LogP contribution in [0.25, 0.3) is 10.9 Å². The van der Waals surface area contributed by atoms with Gasteiger partial charge < -0.3 is 20.1 Å². The first-order valence-corrected chi connectivity index (χ1v) is 12.8. The number of hydrogen-bond acceptors (Lipinski definition) is 8. The van der Waals surface area contributed by atoms with Crippen LogP contribution in [0.3, 0.4) is 0 Å². The number of urea groups is 1. The van der Waals surface area contributed by atoms with Gasteiger partial charge in [-0.2, -0.15) is 13.2 Å². The molecular formula is C28H25F3N6O3S. The highest BCUT2D eigenvalue weighted by Gasteiger charge is 2.34. The third-order valence-electron chi connectivity index (χ3n) is 5.51. The number of amides is 2. The SMILES string of the molecule is CN/C(=C\C(=N\c1ccccc1)C(F)(F)F)NC(=O)Nc1cccc(Sc2ncnc3cc(OC)c(OC)cc23)c1. The van der Waals surface area contributed by atoms with Crippen LogP contribution >= 0.6 is 11.8 Å². The van der Waals surface area contributed by atoms with Gasteiger partial charge in [-0.3, -0.25) is 5.32 Å². The predicted octanol–water partition coefficient (Wildman–Crippen LogP) is 6.32. The summed E-state index contributed by atoms with van der Waals surface area (Å²) in [5.41, 5.74) is 0.0150. The van der Waals surface area contributed by atoms with Gasteiger partial charge in [-0.25, -0.2) is 19.8 Å². The van der Waals surface area contributed by atoms with Gasteiger partial charge in [0.25, 0.3) is 0 Å². The number of allylic oxidation sites excluding steroid dienone is 1. The maximum absolute atomic E-state index is 13.6. The number of methoxy groups -OCH3 is 2. The first-order valence-electron chi connectivity index (χ1n) is 12.0. The molecular weight excluding hydrogens is 557 g/mol. The Morgan fingerprint density at radius 2 is 1.71 bits per heavy atom. The summed E-state index contributed by atoms with van der Waals surface area (Å²) in [5, 5.41) is 8.96. The standard InChI is InChI=1S/C28H25F3N6O3S/c1-32-25(15-24(28(29,30)31)35-17-8-5-4-6-9-17)37-27(38)36-18-10-7-11-19(12-18)41-26-20-13-22(39-2)23(40-3)14-21(20)33-16-34-26/h4-16,32H,1-3H3,(H2,36,37,38)/b25-15+,35-24-. The molecule has 0 fully saturated rings. The lowest BCUT2D eigenvalue weighted by molar-refractivity contribution is -0.0577. The molecule has 13 heteroatoms. The number of rotatable bonds is 9. The van der Waals surface area contributed by atoms with E-state index in [9.17, 15) is 18.0 Å². The molecule has 4 aromatic rings. The molecule has 0 radical (unpaired) electrons. The van der Waals surface area contributed by atoms with E-state index >= 15 is 0 Å². The molecule has 3 aromatic carbocycles. The van der Waals surface area contributed by atoms with Crippen LogP contribution in [0.2, 0.25) is 0 Å². The average molecular weight is 583 g/mol. The second-order valence-corrected chi connectivity index (χ2v) is 9.31. The zero-order valence-electron chi connectivity index (χ0n) is 22.1. The average Bonchev–Trinajstić information content (AvgIpc) is 2.96. The van der Waals surface area contributed by atoms with E-state index in [0.29, 0.717) is 27.7 Å². The first-order chi connectivity index (χ1) is 19.7. The number of aliphatic imine (C=N–C) groups is 1. The Morgan fingerprint density at radius 3 is 2.39 bits per heavy atom. The van der Waals surface area contributed by atoms with Crippen LogP contribution in [0.4, 0.5) is 29.3 Å². The monoisotopic (exact) mass is 582 g/mol. The number of nitrogens with one attached hydrogen (secondary N) is 3. The van der Waals surface area contributed by atoms with Crippen molar-refractivity contribution in [2.75, 3.05) is 26.6 Å². The summed E-state index contributed by atoms with van der Waals surface area (Å²) in [4.78, 5) is 25.8. The third-order valence-corrected chi connectivity index (χ3v) is 6.51. The summed E-state index contributed by atoms with van der Waals surface area (Å²) in [6, 6.07) is 17.4. The van der Waals surface area contributed by atoms with Crippen molar-refractivity contribution in [3.63, 3.8) is 0 Å². The maximum Gasteiger partial charge on any atom is 0.433 e. The molecule has 0 aliphatic heterocycles. The van der Waals surface area contributed by atoms with Crippen LogP contribution in [0.1, 0.15) is 0 Å². The number of anilines is 1. The summed E-state index contributed by atoms with van der Waals surface area (Å²) < 4.78 is 51.6. The van der Waals surface area contributed by atoms with Gasteiger partial charge in [0.15, 0.2) is 11.5 Å². The number of hydrogen-bond donors (Lipinski definition) is 3. The highest BCUT2D eigenvalue weighted by Crippen LogP contribution is 2.37. The number of ether oxygens (including phenoxy) is 2. The van der Waals surface area contributed by atoms with Crippen molar-refractivity contribution in [2.45, 2.75) is 16.1 Å². The lowest BCUT2D eigenvalue weighted by atomic mass is 10.2. The van der Waals surface area contributed by atoms with Gasteiger partial charge in [-0.15, -0.1) is 0 Å². The molecule has 4 rings (SSSR count). The Labute approximate surface area is 237 Å². The number of aromatic nitrogens is 2. The molecule has 0 bridgehead atoms. The van der Waals surface area contributed by atoms with Crippen LogP contribution < -0.4 is 25.4 Å². The van der Waals surface area contributed by atoms with Crippen molar-refractivity contribution < 1.29 is 27.4 Å². The van der Waals surface area contributed by atoms with E-state index in [-0.39, 0.29) is 11.5 Å². The predicted molar refractivity (Wildman–Crippen MR) is 152 cm³/mol. The third kappa shape index (κ3) is 7.66. The van der Waals surface area contributed by atoms with Crippen LogP contribution in [-0.4, -0.2) is 49.2 Å². The van der Waals surface area contributed by atoms with Crippen LogP contribution in [0, 0.1) is 0 Å². The Morgan fingerprint density at radius 1 is 0.976 bits per heavy atom. The van der Waals surface area contributed by atoms with Gasteiger partial charge in [-0.05, 0) is 36.4 Å². The number of para-hydroxylation sites is 1. The number of halogens is 3. The summed E-state index contributed by atoms with van der Waals surface area (Å²) in [6.07, 6.45) is -2.58. The summed E-state index contributed by atoms with van der Waals surface area (Å²) >= 11 is 1.34. The first kappa shape index (κ1) is 29.2. The summed E-state index contributed by atoms with van der Waals surface area (Å²) in [5.74, 6) is 0.868. The minimum absolute atomic E-state index is 0.124. The molecule has 0 unspecified atom stereocenters. The highest BCUT2D eigenvalue weighted by molar-refractivity contribution is 7.99. The highest BCUT2D eigenvalue weighted by atomic mass is 32.2. The van der Waals surface area contributed by atoms with Crippen molar-refractivity contribution >= 4 is 45.8 Å². The largest absolute Gasteiger partial charge is 0.493 e. The fourth-order valence-electron chi connectivity index (χ4n) is 3.60. The number of alkyl halides is 3. The molecule has 0 spiro atoms. The zero-order valence-corrected chi connectivity index (χ0v) is 22.9. The normalized spacial score (nSPS) is 12.1. The molecule has 9 nitrogen and oxygen atoms in total. The summed E-state index contributed by atoms with van der Waals surface area (Å²) in [6.45, 7) is 0. The Balaban J connectivity index is 1.51. The summed E-state index contributed by atoms with van der Waals surface area (Å²) in [7, 11) is 4.46. The van der Waals surface area contributed by atoms with Gasteiger partial charge in [0.1, 0.15) is 22.9 Å². The molecule has 0 atom stereocenters. The number of benzene rings is 3. The molecule has 41 heavy (non-hydrogen) atoms. The fourth-order valence-corrected chi connectivity index (χ4v) is 4.53. The molecule has 212 valence electrons. The van der Waals surface area contributed by atoms with Gasteiger partial charge >= 0.3 is 12.2 Å². The van der Waals surface area contributed by atoms with E-state index in [1.165, 1.54) is 51.5 Å². The molecule has 0 saturated carbocycles. The molecule has 1 aromatic heterocycles. The van der Waals surface area contributed by atoms with E-state index in [1.807, 2.05) is 6.07 Å². The van der Waals surface area contributed by atoms with Crippen LogP contribution in [0.5, 0.6) is 11.5 Å². The van der Waals surface area contributed by atoms with Crippen LogP contribution in [-0.2, 0) is 0 Å². The second kappa shape index (κ2) is 13.0. The van der Waals surface area contributed by atoms with Crippen LogP contribution in [0.15, 0.2) is 99.9 Å². The van der Waals surface area contributed by atoms with Crippen molar-refractivity contribution in [1.29, 1.82) is 0 Å². The lowest BCUT2D eigenvalue weighted by Crippen LogP contribution is -2.35. The minimum Gasteiger partial charge on any atom is -0.493 e. The van der Waals surface area contributed by atoms with Gasteiger partial charge in [0, 0.05) is 35.2 Å². The lowest BCUT2D eigenvalue weighted by Gasteiger charge is -2.14. The van der Waals surface area contributed by atoms with Gasteiger partial charge in [-0.1, -0.05) is 36.0 Å². The van der Waals surface area contributed by atoms with Gasteiger partial charge in [0.05, 0.1) is 25.4 Å². The van der Waals surface area contributed by atoms with E-state index < -0.39 is 17.9 Å². The van der Waals surface area contributed by atoms with Gasteiger partial charge in [0.2, 0.25) is 0 Å². The molecule has 3 N–H and O–H groups in total. The number of carbonyl (C=O) groups excluding carboxylic acids is 1. The second-order valence-electron chi connectivity index (χ2n) is 8.25. The van der Waals surface area contributed by atoms with E-state index in [4.69, 9.17) is 9.47 Å². The number of carbonyl (C=O) groups is 1. The van der Waals surface area contributed by atoms with Crippen molar-refractivity contribution in [2.24, 2.45) is 4.99 Å². The maximum atomic E-state index is 13.6. The van der Waals surface area contributed by atoms with Crippen molar-refractivity contribution in [3.8, 4) is 11.5 Å². The van der Waals surface area contributed by atoms with Crippen molar-refractivity contribution in [1.82, 2.24) is 20.6 Å². The molecule has 0 aliphatic carbocycles. The topological polar surface area (TPSA) is 110 Å². The molecule has 1 heterocycles. The van der Waals surface area contributed by atoms with E-state index in [0.717, 1.165) is 16.4 Å².